The van der Waals surface area contributed by atoms with Crippen molar-refractivity contribution in [2.24, 2.45) is 0 Å². The lowest BCUT2D eigenvalue weighted by Crippen LogP contribution is -2.24. The number of nitrogens with zero attached hydrogens (tertiary/aromatic N) is 2. The van der Waals surface area contributed by atoms with Gasteiger partial charge in [0.15, 0.2) is 0 Å². The lowest BCUT2D eigenvalue weighted by molar-refractivity contribution is 0.0947. The summed E-state index contributed by atoms with van der Waals surface area (Å²) < 4.78 is 5.62. The van der Waals surface area contributed by atoms with Crippen LogP contribution in [-0.4, -0.2) is 35.4 Å². The first kappa shape index (κ1) is 19.5. The largest absolute Gasteiger partial charge is 0.378 e. The minimum atomic E-state index is -0.0279. The summed E-state index contributed by atoms with van der Waals surface area (Å²) in [5, 5.41) is 11.5. The van der Waals surface area contributed by atoms with E-state index >= 15 is 0 Å². The number of rotatable bonds is 8. The van der Waals surface area contributed by atoms with E-state index in [-0.39, 0.29) is 5.91 Å². The van der Waals surface area contributed by atoms with Crippen molar-refractivity contribution in [3.63, 3.8) is 0 Å². The monoisotopic (exact) mass is 367 g/mol. The molecule has 0 unspecified atom stereocenters. The molecule has 27 heavy (non-hydrogen) atoms. The molecule has 1 aliphatic heterocycles. The van der Waals surface area contributed by atoms with Crippen molar-refractivity contribution in [3.05, 3.63) is 47.7 Å². The summed E-state index contributed by atoms with van der Waals surface area (Å²) in [6.45, 7) is 5.81. The highest BCUT2D eigenvalue weighted by Gasteiger charge is 2.14. The van der Waals surface area contributed by atoms with E-state index in [1.54, 1.807) is 0 Å². The molecule has 1 aliphatic rings. The van der Waals surface area contributed by atoms with Gasteiger partial charge in [-0.1, -0.05) is 26.0 Å². The van der Waals surface area contributed by atoms with Crippen LogP contribution in [0.4, 0.5) is 0 Å². The molecule has 1 aromatic carbocycles. The normalized spacial score (nSPS) is 16.6. The molecule has 0 bridgehead atoms. The Hall–Kier alpha value is -2.27. The van der Waals surface area contributed by atoms with Crippen LogP contribution in [0.15, 0.2) is 36.4 Å². The Kier molecular flexibility index (Phi) is 6.93. The second-order valence-corrected chi connectivity index (χ2v) is 7.46. The maximum Gasteiger partial charge on any atom is 0.251 e. The number of aromatic nitrogens is 2. The fourth-order valence-electron chi connectivity index (χ4n) is 3.27. The summed E-state index contributed by atoms with van der Waals surface area (Å²) in [6.07, 6.45) is 5.98. The van der Waals surface area contributed by atoms with E-state index < -0.39 is 0 Å². The smallest absolute Gasteiger partial charge is 0.251 e. The molecule has 1 atom stereocenters. The Morgan fingerprint density at radius 1 is 1.15 bits per heavy atom. The Morgan fingerprint density at radius 2 is 1.96 bits per heavy atom. The van der Waals surface area contributed by atoms with Gasteiger partial charge in [0.2, 0.25) is 0 Å². The third-order valence-electron chi connectivity index (χ3n) is 4.98. The molecule has 0 aliphatic carbocycles. The average Bonchev–Trinajstić information content (AvgIpc) is 3.21. The Labute approximate surface area is 161 Å². The Balaban J connectivity index is 1.45. The topological polar surface area (TPSA) is 64.1 Å². The highest BCUT2D eigenvalue weighted by molar-refractivity contribution is 5.94. The molecule has 2 aromatic rings. The maximum atomic E-state index is 12.3. The summed E-state index contributed by atoms with van der Waals surface area (Å²) >= 11 is 0. The van der Waals surface area contributed by atoms with Gasteiger partial charge in [0, 0.05) is 24.3 Å². The maximum absolute atomic E-state index is 12.3. The van der Waals surface area contributed by atoms with Crippen LogP contribution in [0.1, 0.15) is 67.9 Å². The van der Waals surface area contributed by atoms with E-state index in [0.29, 0.717) is 24.1 Å². The molecule has 3 rings (SSSR count). The highest BCUT2D eigenvalue weighted by atomic mass is 16.5. The fraction of sp³-hybridized carbons (Fsp3) is 0.500. The molecule has 0 saturated carbocycles. The van der Waals surface area contributed by atoms with Crippen LogP contribution in [0.5, 0.6) is 0 Å². The van der Waals surface area contributed by atoms with Crippen molar-refractivity contribution in [1.29, 1.82) is 0 Å². The van der Waals surface area contributed by atoms with Gasteiger partial charge in [0.05, 0.1) is 17.5 Å². The van der Waals surface area contributed by atoms with Crippen LogP contribution in [0.2, 0.25) is 0 Å². The Morgan fingerprint density at radius 3 is 2.59 bits per heavy atom. The molecule has 1 amide bonds. The van der Waals surface area contributed by atoms with Gasteiger partial charge < -0.3 is 10.1 Å². The van der Waals surface area contributed by atoms with Gasteiger partial charge in [-0.15, -0.1) is 0 Å². The summed E-state index contributed by atoms with van der Waals surface area (Å²) in [5.41, 5.74) is 3.44. The summed E-state index contributed by atoms with van der Waals surface area (Å²) in [4.78, 5) is 12.3. The Bertz CT molecular complexity index is 720. The molecule has 144 valence electrons. The first-order valence-electron chi connectivity index (χ1n) is 9.97. The predicted octanol–water partition coefficient (Wildman–Crippen LogP) is 4.35. The van der Waals surface area contributed by atoms with Gasteiger partial charge in [0.1, 0.15) is 0 Å². The number of carbonyl (C=O) groups excluding carboxylic acids is 1. The van der Waals surface area contributed by atoms with Crippen molar-refractivity contribution in [2.45, 2.75) is 58.0 Å². The van der Waals surface area contributed by atoms with Gasteiger partial charge in [-0.05, 0) is 62.3 Å². The van der Waals surface area contributed by atoms with E-state index in [9.17, 15) is 4.79 Å². The summed E-state index contributed by atoms with van der Waals surface area (Å²) in [6, 6.07) is 11.5. The number of carbonyl (C=O) groups is 1. The number of unbranched alkanes of at least 4 members (excludes halogenated alkanes) is 1. The van der Waals surface area contributed by atoms with Crippen molar-refractivity contribution in [1.82, 2.24) is 15.5 Å². The first-order chi connectivity index (χ1) is 13.1. The van der Waals surface area contributed by atoms with Crippen molar-refractivity contribution >= 4 is 5.91 Å². The molecule has 5 nitrogen and oxygen atoms in total. The third kappa shape index (κ3) is 5.60. The molecule has 0 spiro atoms. The molecule has 1 N–H and O–H groups in total. The lowest BCUT2D eigenvalue weighted by atomic mass is 10.1. The first-order valence-corrected chi connectivity index (χ1v) is 9.97. The van der Waals surface area contributed by atoms with Crippen molar-refractivity contribution in [2.75, 3.05) is 13.2 Å². The SMILES string of the molecule is CC(C)c1ccc(-c2ccc(C(=O)NCCCC[C@@H]3CCCO3)cc2)nn1. The number of ether oxygens (including phenoxy) is 1. The van der Waals surface area contributed by atoms with E-state index in [1.165, 1.54) is 12.8 Å². The van der Waals surface area contributed by atoms with Gasteiger partial charge in [-0.25, -0.2) is 0 Å². The number of benzene rings is 1. The molecular weight excluding hydrogens is 338 g/mol. The lowest BCUT2D eigenvalue weighted by Gasteiger charge is -2.09. The minimum absolute atomic E-state index is 0.0279. The van der Waals surface area contributed by atoms with E-state index in [2.05, 4.69) is 29.4 Å². The van der Waals surface area contributed by atoms with Crippen LogP contribution in [0.3, 0.4) is 0 Å². The summed E-state index contributed by atoms with van der Waals surface area (Å²) in [7, 11) is 0. The van der Waals surface area contributed by atoms with E-state index in [0.717, 1.165) is 42.8 Å². The fourth-order valence-corrected chi connectivity index (χ4v) is 3.27. The molecule has 1 saturated heterocycles. The van der Waals surface area contributed by atoms with E-state index in [4.69, 9.17) is 4.74 Å². The second kappa shape index (κ2) is 9.60. The molecule has 0 radical (unpaired) electrons. The zero-order chi connectivity index (χ0) is 19.1. The highest BCUT2D eigenvalue weighted by Crippen LogP contribution is 2.19. The number of hydrogen-bond donors (Lipinski definition) is 1. The standard InChI is InChI=1S/C22H29N3O2/c1-16(2)20-12-13-21(25-24-20)17-8-10-18(11-9-17)22(26)23-14-4-3-6-19-7-5-15-27-19/h8-13,16,19H,3-7,14-15H2,1-2H3,(H,23,26)/t19-/m1/s1. The molecule has 1 fully saturated rings. The van der Waals surface area contributed by atoms with E-state index in [1.807, 2.05) is 36.4 Å². The molecular formula is C22H29N3O2. The van der Waals surface area contributed by atoms with Gasteiger partial charge in [0.25, 0.3) is 5.91 Å². The predicted molar refractivity (Wildman–Crippen MR) is 107 cm³/mol. The van der Waals surface area contributed by atoms with Crippen LogP contribution < -0.4 is 5.32 Å². The third-order valence-corrected chi connectivity index (χ3v) is 4.98. The van der Waals surface area contributed by atoms with Gasteiger partial charge in [-0.2, -0.15) is 10.2 Å². The van der Waals surface area contributed by atoms with Crippen LogP contribution >= 0.6 is 0 Å². The number of amides is 1. The second-order valence-electron chi connectivity index (χ2n) is 7.46. The quantitative estimate of drug-likeness (QED) is 0.705. The summed E-state index contributed by atoms with van der Waals surface area (Å²) in [5.74, 6) is 0.336. The van der Waals surface area contributed by atoms with Gasteiger partial charge in [-0.3, -0.25) is 4.79 Å². The van der Waals surface area contributed by atoms with Crippen molar-refractivity contribution < 1.29 is 9.53 Å². The number of nitrogens with one attached hydrogen (secondary N) is 1. The van der Waals surface area contributed by atoms with Crippen LogP contribution in [0, 0.1) is 0 Å². The zero-order valence-electron chi connectivity index (χ0n) is 16.3. The molecule has 5 heteroatoms. The molecule has 1 aromatic heterocycles. The van der Waals surface area contributed by atoms with Crippen molar-refractivity contribution in [3.8, 4) is 11.3 Å². The van der Waals surface area contributed by atoms with Crippen LogP contribution in [0.25, 0.3) is 11.3 Å². The van der Waals surface area contributed by atoms with Gasteiger partial charge >= 0.3 is 0 Å². The average molecular weight is 367 g/mol. The zero-order valence-corrected chi connectivity index (χ0v) is 16.3. The minimum Gasteiger partial charge on any atom is -0.378 e. The number of hydrogen-bond acceptors (Lipinski definition) is 4. The molecule has 2 heterocycles. The van der Waals surface area contributed by atoms with Crippen LogP contribution in [-0.2, 0) is 4.74 Å².